The number of amides is 1. The molecule has 26 heavy (non-hydrogen) atoms. The van der Waals surface area contributed by atoms with Crippen LogP contribution in [0.25, 0.3) is 0 Å². The monoisotopic (exact) mass is 360 g/mol. The maximum absolute atomic E-state index is 12.3. The van der Waals surface area contributed by atoms with Crippen LogP contribution in [0.5, 0.6) is 5.75 Å². The van der Waals surface area contributed by atoms with E-state index in [1.54, 1.807) is 6.92 Å². The first kappa shape index (κ1) is 19.4. The Bertz CT molecular complexity index is 785. The van der Waals surface area contributed by atoms with Gasteiger partial charge in [-0.25, -0.2) is 4.68 Å². The van der Waals surface area contributed by atoms with E-state index in [2.05, 4.69) is 29.5 Å². The fourth-order valence-electron chi connectivity index (χ4n) is 2.42. The molecule has 2 rings (SSSR count). The molecule has 1 unspecified atom stereocenters. The number of benzene rings is 1. The minimum atomic E-state index is -1.01. The van der Waals surface area contributed by atoms with Crippen LogP contribution in [-0.4, -0.2) is 38.1 Å². The topological polar surface area (TPSA) is 106 Å². The normalized spacial score (nSPS) is 12.0. The number of carboxylic acids is 1. The molecular formula is C18H24N4O4. The molecule has 0 aliphatic carbocycles. The average molecular weight is 360 g/mol. The van der Waals surface area contributed by atoms with Crippen LogP contribution >= 0.6 is 0 Å². The van der Waals surface area contributed by atoms with E-state index in [1.165, 1.54) is 10.9 Å². The zero-order valence-corrected chi connectivity index (χ0v) is 15.4. The highest BCUT2D eigenvalue weighted by atomic mass is 16.5. The molecule has 0 saturated heterocycles. The number of carbonyl (C=O) groups is 2. The van der Waals surface area contributed by atoms with Gasteiger partial charge in [-0.05, 0) is 37.0 Å². The van der Waals surface area contributed by atoms with Gasteiger partial charge in [0.25, 0.3) is 5.91 Å². The van der Waals surface area contributed by atoms with Crippen LogP contribution in [0.4, 0.5) is 0 Å². The predicted octanol–water partition coefficient (Wildman–Crippen LogP) is 1.88. The number of aromatic nitrogens is 3. The highest BCUT2D eigenvalue weighted by Gasteiger charge is 2.18. The zero-order valence-electron chi connectivity index (χ0n) is 15.4. The Morgan fingerprint density at radius 3 is 2.69 bits per heavy atom. The minimum absolute atomic E-state index is 0.150. The van der Waals surface area contributed by atoms with E-state index >= 15 is 0 Å². The summed E-state index contributed by atoms with van der Waals surface area (Å²) in [5.41, 5.74) is 2.59. The van der Waals surface area contributed by atoms with Crippen molar-refractivity contribution in [2.45, 2.75) is 52.8 Å². The molecule has 8 nitrogen and oxygen atoms in total. The summed E-state index contributed by atoms with van der Waals surface area (Å²) in [5.74, 6) is -0.305. The Hall–Kier alpha value is -2.90. The summed E-state index contributed by atoms with van der Waals surface area (Å²) in [5, 5.41) is 19.0. The minimum Gasteiger partial charge on any atom is -0.481 e. The number of nitrogens with zero attached hydrogens (tertiary/aromatic N) is 3. The van der Waals surface area contributed by atoms with Crippen LogP contribution in [0, 0.1) is 6.92 Å². The third kappa shape index (κ3) is 5.30. The van der Waals surface area contributed by atoms with E-state index in [9.17, 15) is 9.59 Å². The van der Waals surface area contributed by atoms with Gasteiger partial charge in [-0.15, -0.1) is 5.10 Å². The van der Waals surface area contributed by atoms with Gasteiger partial charge < -0.3 is 15.2 Å². The molecular weight excluding hydrogens is 336 g/mol. The molecule has 0 spiro atoms. The second kappa shape index (κ2) is 8.46. The average Bonchev–Trinajstić information content (AvgIpc) is 2.98. The molecule has 0 bridgehead atoms. The molecule has 2 N–H and O–H groups in total. The van der Waals surface area contributed by atoms with Gasteiger partial charge in [0, 0.05) is 0 Å². The first-order chi connectivity index (χ1) is 12.3. The standard InChI is InChI=1S/C18H24N4O4/c1-11(2)15-6-5-12(3)7-16(15)26-13(4)18(25)19-8-14-9-22(21-20-14)10-17(23)24/h5-7,9,11,13H,8,10H2,1-4H3,(H,19,25)(H,23,24). The summed E-state index contributed by atoms with van der Waals surface area (Å²) in [7, 11) is 0. The Balaban J connectivity index is 1.95. The van der Waals surface area contributed by atoms with E-state index in [4.69, 9.17) is 9.84 Å². The Morgan fingerprint density at radius 2 is 2.04 bits per heavy atom. The molecule has 1 aromatic heterocycles. The zero-order chi connectivity index (χ0) is 19.3. The lowest BCUT2D eigenvalue weighted by molar-refractivity contribution is -0.138. The van der Waals surface area contributed by atoms with Crippen LogP contribution < -0.4 is 10.1 Å². The maximum atomic E-state index is 12.3. The summed E-state index contributed by atoms with van der Waals surface area (Å²) < 4.78 is 7.06. The smallest absolute Gasteiger partial charge is 0.325 e. The molecule has 1 amide bonds. The quantitative estimate of drug-likeness (QED) is 0.744. The number of rotatable bonds is 8. The van der Waals surface area contributed by atoms with Crippen molar-refractivity contribution in [1.29, 1.82) is 0 Å². The predicted molar refractivity (Wildman–Crippen MR) is 94.9 cm³/mol. The van der Waals surface area contributed by atoms with Crippen LogP contribution in [0.2, 0.25) is 0 Å². The second-order valence-electron chi connectivity index (χ2n) is 6.48. The molecule has 0 aliphatic heterocycles. The SMILES string of the molecule is Cc1ccc(C(C)C)c(OC(C)C(=O)NCc2cn(CC(=O)O)nn2)c1. The van der Waals surface area contributed by atoms with E-state index in [0.717, 1.165) is 11.1 Å². The van der Waals surface area contributed by atoms with E-state index in [0.29, 0.717) is 11.4 Å². The van der Waals surface area contributed by atoms with E-state index in [1.807, 2.05) is 25.1 Å². The number of carbonyl (C=O) groups excluding carboxylic acids is 1. The number of ether oxygens (including phenoxy) is 1. The summed E-state index contributed by atoms with van der Waals surface area (Å²) >= 11 is 0. The number of hydrogen-bond donors (Lipinski definition) is 2. The number of aryl methyl sites for hydroxylation is 1. The second-order valence-corrected chi connectivity index (χ2v) is 6.48. The van der Waals surface area contributed by atoms with Gasteiger partial charge in [-0.2, -0.15) is 0 Å². The molecule has 1 heterocycles. The van der Waals surface area contributed by atoms with Crippen LogP contribution in [0.1, 0.15) is 43.5 Å². The first-order valence-electron chi connectivity index (χ1n) is 8.42. The molecule has 1 aromatic carbocycles. The van der Waals surface area contributed by atoms with Crippen molar-refractivity contribution < 1.29 is 19.4 Å². The Labute approximate surface area is 152 Å². The van der Waals surface area contributed by atoms with Gasteiger partial charge in [-0.1, -0.05) is 31.2 Å². The summed E-state index contributed by atoms with van der Waals surface area (Å²) in [4.78, 5) is 22.9. The molecule has 2 aromatic rings. The molecule has 8 heteroatoms. The number of aliphatic carboxylic acids is 1. The fourth-order valence-corrected chi connectivity index (χ4v) is 2.42. The molecule has 0 saturated carbocycles. The highest BCUT2D eigenvalue weighted by molar-refractivity contribution is 5.80. The lowest BCUT2D eigenvalue weighted by Crippen LogP contribution is -2.36. The van der Waals surface area contributed by atoms with E-state index in [-0.39, 0.29) is 24.9 Å². The molecule has 0 aliphatic rings. The third-order valence-electron chi connectivity index (χ3n) is 3.79. The van der Waals surface area contributed by atoms with E-state index < -0.39 is 12.1 Å². The van der Waals surface area contributed by atoms with Crippen molar-refractivity contribution in [3.05, 3.63) is 41.2 Å². The number of nitrogens with one attached hydrogen (secondary N) is 1. The molecule has 140 valence electrons. The Morgan fingerprint density at radius 1 is 1.31 bits per heavy atom. The summed E-state index contributed by atoms with van der Waals surface area (Å²) in [6.45, 7) is 7.68. The van der Waals surface area contributed by atoms with Gasteiger partial charge >= 0.3 is 5.97 Å². The van der Waals surface area contributed by atoms with Crippen molar-refractivity contribution >= 4 is 11.9 Å². The van der Waals surface area contributed by atoms with Gasteiger partial charge in [-0.3, -0.25) is 9.59 Å². The summed E-state index contributed by atoms with van der Waals surface area (Å²) in [6.07, 6.45) is 0.806. The van der Waals surface area contributed by atoms with Crippen LogP contribution in [0.15, 0.2) is 24.4 Å². The van der Waals surface area contributed by atoms with Gasteiger partial charge in [0.2, 0.25) is 0 Å². The third-order valence-corrected chi connectivity index (χ3v) is 3.79. The van der Waals surface area contributed by atoms with Gasteiger partial charge in [0.15, 0.2) is 6.10 Å². The van der Waals surface area contributed by atoms with Gasteiger partial charge in [0.05, 0.1) is 12.7 Å². The van der Waals surface area contributed by atoms with Crippen molar-refractivity contribution in [3.63, 3.8) is 0 Å². The fraction of sp³-hybridized carbons (Fsp3) is 0.444. The summed E-state index contributed by atoms with van der Waals surface area (Å²) in [6, 6.07) is 5.96. The lowest BCUT2D eigenvalue weighted by Gasteiger charge is -2.19. The first-order valence-corrected chi connectivity index (χ1v) is 8.42. The van der Waals surface area contributed by atoms with Crippen molar-refractivity contribution in [3.8, 4) is 5.75 Å². The largest absolute Gasteiger partial charge is 0.481 e. The molecule has 0 fully saturated rings. The highest BCUT2D eigenvalue weighted by Crippen LogP contribution is 2.28. The lowest BCUT2D eigenvalue weighted by atomic mass is 10.0. The van der Waals surface area contributed by atoms with Gasteiger partial charge in [0.1, 0.15) is 18.0 Å². The Kier molecular flexibility index (Phi) is 6.32. The van der Waals surface area contributed by atoms with Crippen molar-refractivity contribution in [2.75, 3.05) is 0 Å². The van der Waals surface area contributed by atoms with Crippen molar-refractivity contribution in [2.24, 2.45) is 0 Å². The molecule has 1 atom stereocenters. The van der Waals surface area contributed by atoms with Crippen LogP contribution in [-0.2, 0) is 22.7 Å². The number of hydrogen-bond acceptors (Lipinski definition) is 5. The number of carboxylic acid groups (broad SMARTS) is 1. The molecule has 0 radical (unpaired) electrons. The van der Waals surface area contributed by atoms with Crippen LogP contribution in [0.3, 0.4) is 0 Å². The van der Waals surface area contributed by atoms with Crippen molar-refractivity contribution in [1.82, 2.24) is 20.3 Å². The maximum Gasteiger partial charge on any atom is 0.325 e.